The fraction of sp³-hybridized carbons (Fsp3) is 0.200. The predicted octanol–water partition coefficient (Wildman–Crippen LogP) is 3.62. The zero-order valence-corrected chi connectivity index (χ0v) is 10.8. The average molecular weight is 303 g/mol. The predicted molar refractivity (Wildman–Crippen MR) is 66.0 cm³/mol. The third-order valence-corrected chi connectivity index (χ3v) is 2.86. The highest BCUT2D eigenvalue weighted by Gasteiger charge is 2.07. The summed E-state index contributed by atoms with van der Waals surface area (Å²) in [6, 6.07) is 6.28. The van der Waals surface area contributed by atoms with Gasteiger partial charge in [0.15, 0.2) is 0 Å². The number of rotatable bonds is 3. The summed E-state index contributed by atoms with van der Waals surface area (Å²) in [5.74, 6) is 0.608. The normalized spacial score (nSPS) is 10.4. The van der Waals surface area contributed by atoms with Crippen molar-refractivity contribution in [2.75, 3.05) is 5.32 Å². The number of hydrogen-bond donors (Lipinski definition) is 1. The monoisotopic (exact) mass is 301 g/mol. The Morgan fingerprint density at radius 2 is 2.25 bits per heavy atom. The highest BCUT2D eigenvalue weighted by Crippen LogP contribution is 2.26. The van der Waals surface area contributed by atoms with Gasteiger partial charge >= 0.3 is 6.01 Å². The summed E-state index contributed by atoms with van der Waals surface area (Å²) in [5.41, 5.74) is 2.02. The maximum absolute atomic E-state index is 5.57. The molecule has 1 aromatic heterocycles. The van der Waals surface area contributed by atoms with Crippen molar-refractivity contribution in [3.63, 3.8) is 0 Å². The molecule has 0 bridgehead atoms. The highest BCUT2D eigenvalue weighted by molar-refractivity contribution is 9.10. The minimum Gasteiger partial charge on any atom is -0.407 e. The smallest absolute Gasteiger partial charge is 0.320 e. The fourth-order valence-corrected chi connectivity index (χ4v) is 1.66. The van der Waals surface area contributed by atoms with Gasteiger partial charge in [0, 0.05) is 4.47 Å². The maximum Gasteiger partial charge on any atom is 0.320 e. The molecule has 2 rings (SSSR count). The van der Waals surface area contributed by atoms with Crippen molar-refractivity contribution in [2.24, 2.45) is 0 Å². The summed E-state index contributed by atoms with van der Waals surface area (Å²) in [7, 11) is 0. The molecule has 0 aliphatic rings. The molecule has 2 aromatic rings. The van der Waals surface area contributed by atoms with E-state index < -0.39 is 0 Å². The van der Waals surface area contributed by atoms with E-state index in [9.17, 15) is 0 Å². The number of anilines is 2. The molecule has 0 unspecified atom stereocenters. The average Bonchev–Trinajstić information content (AvgIpc) is 2.71. The number of aryl methyl sites for hydroxylation is 1. The number of alkyl halides is 1. The lowest BCUT2D eigenvalue weighted by Crippen LogP contribution is -1.92. The van der Waals surface area contributed by atoms with Crippen molar-refractivity contribution in [1.29, 1.82) is 0 Å². The Kier molecular flexibility index (Phi) is 3.46. The molecule has 0 saturated heterocycles. The van der Waals surface area contributed by atoms with E-state index in [1.807, 2.05) is 25.1 Å². The van der Waals surface area contributed by atoms with Gasteiger partial charge in [-0.05, 0) is 40.5 Å². The molecule has 0 fully saturated rings. The largest absolute Gasteiger partial charge is 0.407 e. The Balaban J connectivity index is 2.22. The van der Waals surface area contributed by atoms with Crippen LogP contribution >= 0.6 is 27.5 Å². The van der Waals surface area contributed by atoms with Crippen LogP contribution in [0, 0.1) is 6.92 Å². The van der Waals surface area contributed by atoms with Crippen LogP contribution in [0.1, 0.15) is 11.5 Å². The Bertz CT molecular complexity index is 501. The zero-order chi connectivity index (χ0) is 11.5. The van der Waals surface area contributed by atoms with E-state index >= 15 is 0 Å². The minimum absolute atomic E-state index is 0.212. The van der Waals surface area contributed by atoms with Crippen molar-refractivity contribution in [2.45, 2.75) is 12.8 Å². The number of hydrogen-bond acceptors (Lipinski definition) is 4. The van der Waals surface area contributed by atoms with E-state index in [4.69, 9.17) is 16.0 Å². The first-order valence-electron chi connectivity index (χ1n) is 4.60. The molecule has 1 N–H and O–H groups in total. The molecule has 16 heavy (non-hydrogen) atoms. The number of nitrogens with zero attached hydrogens (tertiary/aromatic N) is 2. The number of aromatic nitrogens is 2. The van der Waals surface area contributed by atoms with Gasteiger partial charge in [-0.3, -0.25) is 0 Å². The van der Waals surface area contributed by atoms with Crippen molar-refractivity contribution in [3.8, 4) is 0 Å². The second-order valence-electron chi connectivity index (χ2n) is 3.24. The van der Waals surface area contributed by atoms with Gasteiger partial charge in [0.1, 0.15) is 5.88 Å². The minimum atomic E-state index is 0.212. The van der Waals surface area contributed by atoms with Gasteiger partial charge in [-0.2, -0.15) is 0 Å². The topological polar surface area (TPSA) is 51.0 Å². The quantitative estimate of drug-likeness (QED) is 0.880. The third kappa shape index (κ3) is 2.54. The van der Waals surface area contributed by atoms with Crippen molar-refractivity contribution in [3.05, 3.63) is 34.1 Å². The summed E-state index contributed by atoms with van der Waals surface area (Å²) in [4.78, 5) is 0. The second-order valence-corrected chi connectivity index (χ2v) is 4.36. The van der Waals surface area contributed by atoms with Crippen LogP contribution in [0.4, 0.5) is 11.7 Å². The van der Waals surface area contributed by atoms with Gasteiger partial charge in [-0.15, -0.1) is 16.7 Å². The summed E-state index contributed by atoms with van der Waals surface area (Å²) < 4.78 is 6.18. The SMILES string of the molecule is Cc1ccc(Br)c(Nc2nnc(CCl)o2)c1. The molecule has 1 heterocycles. The molecule has 0 radical (unpaired) electrons. The van der Waals surface area contributed by atoms with Gasteiger partial charge in [0.05, 0.1) is 5.69 Å². The Morgan fingerprint density at radius 1 is 1.44 bits per heavy atom. The Hall–Kier alpha value is -1.07. The first-order valence-corrected chi connectivity index (χ1v) is 5.93. The molecule has 0 aliphatic heterocycles. The van der Waals surface area contributed by atoms with E-state index in [0.717, 1.165) is 15.7 Å². The highest BCUT2D eigenvalue weighted by atomic mass is 79.9. The van der Waals surface area contributed by atoms with Crippen molar-refractivity contribution < 1.29 is 4.42 Å². The van der Waals surface area contributed by atoms with E-state index in [2.05, 4.69) is 31.4 Å². The van der Waals surface area contributed by atoms with Crippen molar-refractivity contribution >= 4 is 39.2 Å². The molecular weight excluding hydrogens is 293 g/mol. The maximum atomic E-state index is 5.57. The van der Waals surface area contributed by atoms with Gasteiger partial charge < -0.3 is 9.73 Å². The van der Waals surface area contributed by atoms with Crippen LogP contribution < -0.4 is 5.32 Å². The summed E-state index contributed by atoms with van der Waals surface area (Å²) in [6.07, 6.45) is 0. The summed E-state index contributed by atoms with van der Waals surface area (Å²) >= 11 is 9.00. The van der Waals surface area contributed by atoms with Gasteiger partial charge in [-0.1, -0.05) is 11.2 Å². The standard InChI is InChI=1S/C10H9BrClN3O/c1-6-2-3-7(11)8(4-6)13-10-15-14-9(5-12)16-10/h2-4H,5H2,1H3,(H,13,15). The van der Waals surface area contributed by atoms with Crippen LogP contribution in [0.5, 0.6) is 0 Å². The first-order chi connectivity index (χ1) is 7.69. The number of nitrogens with one attached hydrogen (secondary N) is 1. The number of benzene rings is 1. The summed E-state index contributed by atoms with van der Waals surface area (Å²) in [5, 5.41) is 10.6. The van der Waals surface area contributed by atoms with Crippen LogP contribution in [-0.4, -0.2) is 10.2 Å². The van der Waals surface area contributed by atoms with E-state index in [0.29, 0.717) is 11.9 Å². The lowest BCUT2D eigenvalue weighted by molar-refractivity contribution is 0.530. The second kappa shape index (κ2) is 4.84. The van der Waals surface area contributed by atoms with Crippen molar-refractivity contribution in [1.82, 2.24) is 10.2 Å². The zero-order valence-electron chi connectivity index (χ0n) is 8.50. The molecule has 0 atom stereocenters. The van der Waals surface area contributed by atoms with Gasteiger partial charge in [0.2, 0.25) is 5.89 Å². The molecular formula is C10H9BrClN3O. The first kappa shape index (κ1) is 11.4. The van der Waals surface area contributed by atoms with E-state index in [-0.39, 0.29) is 5.88 Å². The molecule has 84 valence electrons. The molecule has 6 heteroatoms. The van der Waals surface area contributed by atoms with E-state index in [1.54, 1.807) is 0 Å². The third-order valence-electron chi connectivity index (χ3n) is 1.94. The van der Waals surface area contributed by atoms with Crippen LogP contribution in [-0.2, 0) is 5.88 Å². The molecule has 0 spiro atoms. The molecule has 0 amide bonds. The Labute approximate surface area is 106 Å². The lowest BCUT2D eigenvalue weighted by atomic mass is 10.2. The molecule has 1 aromatic carbocycles. The molecule has 0 saturated carbocycles. The lowest BCUT2D eigenvalue weighted by Gasteiger charge is -2.04. The fourth-order valence-electron chi connectivity index (χ4n) is 1.21. The molecule has 0 aliphatic carbocycles. The van der Waals surface area contributed by atoms with Crippen LogP contribution in [0.15, 0.2) is 27.1 Å². The van der Waals surface area contributed by atoms with Crippen LogP contribution in [0.25, 0.3) is 0 Å². The summed E-state index contributed by atoms with van der Waals surface area (Å²) in [6.45, 7) is 2.01. The van der Waals surface area contributed by atoms with Gasteiger partial charge in [0.25, 0.3) is 0 Å². The number of halogens is 2. The van der Waals surface area contributed by atoms with E-state index in [1.165, 1.54) is 0 Å². The Morgan fingerprint density at radius 3 is 2.94 bits per heavy atom. The molecule has 4 nitrogen and oxygen atoms in total. The van der Waals surface area contributed by atoms with Gasteiger partial charge in [-0.25, -0.2) is 0 Å². The van der Waals surface area contributed by atoms with Crippen LogP contribution in [0.3, 0.4) is 0 Å². The van der Waals surface area contributed by atoms with Crippen LogP contribution in [0.2, 0.25) is 0 Å².